The Kier molecular flexibility index (Phi) is 4.34. The Morgan fingerprint density at radius 1 is 1.26 bits per heavy atom. The van der Waals surface area contributed by atoms with Crippen molar-refractivity contribution in [3.63, 3.8) is 0 Å². The van der Waals surface area contributed by atoms with Crippen molar-refractivity contribution in [1.82, 2.24) is 20.4 Å². The number of hydrogen-bond donors (Lipinski definition) is 1. The van der Waals surface area contributed by atoms with Gasteiger partial charge in [-0.15, -0.1) is 0 Å². The molecule has 0 aliphatic heterocycles. The van der Waals surface area contributed by atoms with Gasteiger partial charge in [-0.2, -0.15) is 4.98 Å². The van der Waals surface area contributed by atoms with Crippen LogP contribution in [0.2, 0.25) is 5.02 Å². The predicted octanol–water partition coefficient (Wildman–Crippen LogP) is 3.28. The zero-order chi connectivity index (χ0) is 16.2. The maximum Gasteiger partial charge on any atom is 0.253 e. The molecule has 0 fully saturated rings. The van der Waals surface area contributed by atoms with Gasteiger partial charge in [-0.3, -0.25) is 9.78 Å². The first-order valence-corrected chi connectivity index (χ1v) is 7.32. The summed E-state index contributed by atoms with van der Waals surface area (Å²) < 4.78 is 5.22. The molecule has 3 aromatic rings. The van der Waals surface area contributed by atoms with Crippen molar-refractivity contribution in [3.8, 4) is 11.4 Å². The third-order valence-corrected chi connectivity index (χ3v) is 3.44. The number of halogens is 1. The number of pyridine rings is 1. The van der Waals surface area contributed by atoms with Gasteiger partial charge >= 0.3 is 0 Å². The third-order valence-electron chi connectivity index (χ3n) is 3.19. The van der Waals surface area contributed by atoms with Gasteiger partial charge < -0.3 is 9.84 Å². The number of nitrogens with zero attached hydrogens (tertiary/aromatic N) is 3. The summed E-state index contributed by atoms with van der Waals surface area (Å²) in [6.45, 7) is 1.77. The van der Waals surface area contributed by atoms with Gasteiger partial charge in [-0.05, 0) is 43.3 Å². The van der Waals surface area contributed by atoms with Crippen LogP contribution in [-0.2, 0) is 0 Å². The largest absolute Gasteiger partial charge is 0.340 e. The molecular weight excluding hydrogens is 316 g/mol. The Labute approximate surface area is 137 Å². The van der Waals surface area contributed by atoms with Crippen LogP contribution in [0.4, 0.5) is 0 Å². The summed E-state index contributed by atoms with van der Waals surface area (Å²) in [5, 5.41) is 7.35. The molecule has 2 heterocycles. The maximum atomic E-state index is 12.1. The highest BCUT2D eigenvalue weighted by Crippen LogP contribution is 2.20. The fraction of sp³-hybridized carbons (Fsp3) is 0.125. The molecule has 0 bridgehead atoms. The van der Waals surface area contributed by atoms with Gasteiger partial charge in [0.05, 0.1) is 5.56 Å². The van der Waals surface area contributed by atoms with Gasteiger partial charge in [0.2, 0.25) is 11.7 Å². The molecule has 3 rings (SSSR count). The number of carbonyl (C=O) groups excluding carboxylic acids is 1. The predicted molar refractivity (Wildman–Crippen MR) is 84.9 cm³/mol. The topological polar surface area (TPSA) is 80.9 Å². The van der Waals surface area contributed by atoms with Crippen molar-refractivity contribution in [2.45, 2.75) is 13.0 Å². The highest BCUT2D eigenvalue weighted by molar-refractivity contribution is 6.30. The van der Waals surface area contributed by atoms with E-state index in [1.165, 1.54) is 6.20 Å². The Morgan fingerprint density at radius 2 is 2.04 bits per heavy atom. The quantitative estimate of drug-likeness (QED) is 0.795. The second-order valence-electron chi connectivity index (χ2n) is 4.90. The van der Waals surface area contributed by atoms with Crippen LogP contribution < -0.4 is 5.32 Å². The van der Waals surface area contributed by atoms with Gasteiger partial charge in [-0.25, -0.2) is 0 Å². The van der Waals surface area contributed by atoms with Crippen LogP contribution in [0.1, 0.15) is 29.2 Å². The number of hydrogen-bond acceptors (Lipinski definition) is 5. The molecule has 0 spiro atoms. The number of aromatic nitrogens is 3. The lowest BCUT2D eigenvalue weighted by atomic mass is 10.2. The molecule has 116 valence electrons. The van der Waals surface area contributed by atoms with Crippen LogP contribution in [-0.4, -0.2) is 21.0 Å². The van der Waals surface area contributed by atoms with E-state index in [9.17, 15) is 4.79 Å². The maximum absolute atomic E-state index is 12.1. The van der Waals surface area contributed by atoms with E-state index in [0.29, 0.717) is 22.3 Å². The van der Waals surface area contributed by atoms with Crippen LogP contribution in [0.15, 0.2) is 53.3 Å². The zero-order valence-electron chi connectivity index (χ0n) is 12.2. The molecule has 2 aromatic heterocycles. The van der Waals surface area contributed by atoms with Crippen molar-refractivity contribution < 1.29 is 9.32 Å². The van der Waals surface area contributed by atoms with Crippen LogP contribution in [0.5, 0.6) is 0 Å². The van der Waals surface area contributed by atoms with Crippen LogP contribution >= 0.6 is 11.6 Å². The lowest BCUT2D eigenvalue weighted by molar-refractivity contribution is 0.0932. The summed E-state index contributed by atoms with van der Waals surface area (Å²) in [5.74, 6) is 0.517. The van der Waals surface area contributed by atoms with Gasteiger partial charge in [0, 0.05) is 23.0 Å². The van der Waals surface area contributed by atoms with E-state index in [1.807, 2.05) is 0 Å². The van der Waals surface area contributed by atoms with E-state index in [1.54, 1.807) is 49.5 Å². The summed E-state index contributed by atoms with van der Waals surface area (Å²) in [6, 6.07) is 10.1. The molecule has 0 saturated carbocycles. The van der Waals surface area contributed by atoms with E-state index in [4.69, 9.17) is 16.1 Å². The molecule has 0 aliphatic rings. The van der Waals surface area contributed by atoms with E-state index >= 15 is 0 Å². The standard InChI is InChI=1S/C16H13ClN4O2/c1-10(19-15(22)12-3-2-8-18-9-12)16-20-14(21-23-16)11-4-6-13(17)7-5-11/h2-10H,1H3,(H,19,22). The molecule has 6 nitrogen and oxygen atoms in total. The number of rotatable bonds is 4. The molecular formula is C16H13ClN4O2. The van der Waals surface area contributed by atoms with Gasteiger partial charge in [0.25, 0.3) is 5.91 Å². The molecule has 23 heavy (non-hydrogen) atoms. The average molecular weight is 329 g/mol. The monoisotopic (exact) mass is 328 g/mol. The number of carbonyl (C=O) groups is 1. The molecule has 0 saturated heterocycles. The highest BCUT2D eigenvalue weighted by atomic mass is 35.5. The minimum Gasteiger partial charge on any atom is -0.340 e. The average Bonchev–Trinajstić information content (AvgIpc) is 3.06. The van der Waals surface area contributed by atoms with Crippen LogP contribution in [0, 0.1) is 0 Å². The Balaban J connectivity index is 1.72. The van der Waals surface area contributed by atoms with Crippen molar-refractivity contribution in [2.24, 2.45) is 0 Å². The number of benzene rings is 1. The fourth-order valence-corrected chi connectivity index (χ4v) is 2.09. The lowest BCUT2D eigenvalue weighted by Crippen LogP contribution is -2.26. The Hall–Kier alpha value is -2.73. The second-order valence-corrected chi connectivity index (χ2v) is 5.34. The Bertz CT molecular complexity index is 802. The number of amides is 1. The summed E-state index contributed by atoms with van der Waals surface area (Å²) in [6.07, 6.45) is 3.10. The highest BCUT2D eigenvalue weighted by Gasteiger charge is 2.18. The van der Waals surface area contributed by atoms with Gasteiger partial charge in [-0.1, -0.05) is 16.8 Å². The normalized spacial score (nSPS) is 11.9. The molecule has 1 atom stereocenters. The van der Waals surface area contributed by atoms with E-state index in [0.717, 1.165) is 5.56 Å². The minimum atomic E-state index is -0.420. The van der Waals surface area contributed by atoms with Gasteiger partial charge in [0.15, 0.2) is 0 Å². The smallest absolute Gasteiger partial charge is 0.253 e. The van der Waals surface area contributed by atoms with Crippen molar-refractivity contribution in [2.75, 3.05) is 0 Å². The van der Waals surface area contributed by atoms with Crippen molar-refractivity contribution >= 4 is 17.5 Å². The minimum absolute atomic E-state index is 0.253. The first-order valence-electron chi connectivity index (χ1n) is 6.94. The van der Waals surface area contributed by atoms with Crippen molar-refractivity contribution in [3.05, 3.63) is 65.3 Å². The van der Waals surface area contributed by atoms with Crippen molar-refractivity contribution in [1.29, 1.82) is 0 Å². The first-order chi connectivity index (χ1) is 11.1. The second kappa shape index (κ2) is 6.58. The van der Waals surface area contributed by atoms with Gasteiger partial charge in [0.1, 0.15) is 6.04 Å². The summed E-state index contributed by atoms with van der Waals surface area (Å²) in [5.41, 5.74) is 1.26. The number of nitrogens with one attached hydrogen (secondary N) is 1. The fourth-order valence-electron chi connectivity index (χ4n) is 1.97. The first kappa shape index (κ1) is 15.2. The summed E-state index contributed by atoms with van der Waals surface area (Å²) in [7, 11) is 0. The Morgan fingerprint density at radius 3 is 2.74 bits per heavy atom. The lowest BCUT2D eigenvalue weighted by Gasteiger charge is -2.09. The molecule has 0 radical (unpaired) electrons. The van der Waals surface area contributed by atoms with E-state index in [-0.39, 0.29) is 5.91 Å². The molecule has 1 unspecified atom stereocenters. The zero-order valence-corrected chi connectivity index (χ0v) is 13.0. The van der Waals surface area contributed by atoms with E-state index < -0.39 is 6.04 Å². The van der Waals surface area contributed by atoms with Crippen LogP contribution in [0.3, 0.4) is 0 Å². The SMILES string of the molecule is CC(NC(=O)c1cccnc1)c1nc(-c2ccc(Cl)cc2)no1. The third kappa shape index (κ3) is 3.54. The molecule has 1 N–H and O–H groups in total. The molecule has 7 heteroatoms. The van der Waals surface area contributed by atoms with E-state index in [2.05, 4.69) is 20.4 Å². The van der Waals surface area contributed by atoms with Crippen LogP contribution in [0.25, 0.3) is 11.4 Å². The molecule has 1 aromatic carbocycles. The summed E-state index contributed by atoms with van der Waals surface area (Å²) in [4.78, 5) is 20.3. The molecule has 1 amide bonds. The molecule has 0 aliphatic carbocycles. The summed E-state index contributed by atoms with van der Waals surface area (Å²) >= 11 is 5.85.